The van der Waals surface area contributed by atoms with Gasteiger partial charge in [0.15, 0.2) is 5.82 Å². The van der Waals surface area contributed by atoms with Crippen LogP contribution < -0.4 is 14.8 Å². The van der Waals surface area contributed by atoms with Crippen molar-refractivity contribution in [2.75, 3.05) is 20.0 Å². The zero-order valence-electron chi connectivity index (χ0n) is 15.9. The predicted molar refractivity (Wildman–Crippen MR) is 109 cm³/mol. The Morgan fingerprint density at radius 3 is 2.61 bits per heavy atom. The minimum absolute atomic E-state index is 0.0980. The summed E-state index contributed by atoms with van der Waals surface area (Å²) in [7, 11) is 3.24. The Bertz CT molecular complexity index is 927. The second kappa shape index (κ2) is 9.27. The maximum absolute atomic E-state index is 12.3. The molecule has 0 aliphatic rings. The fourth-order valence-electron chi connectivity index (χ4n) is 2.70. The van der Waals surface area contributed by atoms with Crippen LogP contribution in [-0.4, -0.2) is 41.1 Å². The van der Waals surface area contributed by atoms with Gasteiger partial charge in [0.1, 0.15) is 11.5 Å². The average Bonchev–Trinajstić information content (AvgIpc) is 3.21. The third kappa shape index (κ3) is 4.83. The van der Waals surface area contributed by atoms with E-state index in [1.807, 2.05) is 55.5 Å². The van der Waals surface area contributed by atoms with E-state index in [1.165, 1.54) is 11.8 Å². The molecule has 1 amide bonds. The second-order valence-corrected chi connectivity index (χ2v) is 6.96. The molecule has 0 spiro atoms. The first-order chi connectivity index (χ1) is 13.6. The van der Waals surface area contributed by atoms with Crippen LogP contribution >= 0.6 is 11.8 Å². The molecular weight excluding hydrogens is 376 g/mol. The summed E-state index contributed by atoms with van der Waals surface area (Å²) in [5.74, 6) is 2.30. The van der Waals surface area contributed by atoms with Gasteiger partial charge in [-0.1, -0.05) is 30.0 Å². The van der Waals surface area contributed by atoms with E-state index in [4.69, 9.17) is 9.47 Å². The first-order valence-corrected chi connectivity index (χ1v) is 9.71. The lowest BCUT2D eigenvalue weighted by atomic mass is 10.1. The van der Waals surface area contributed by atoms with Crippen LogP contribution in [0.4, 0.5) is 0 Å². The van der Waals surface area contributed by atoms with Crippen LogP contribution in [0.2, 0.25) is 0 Å². The Hall–Kier alpha value is -3.00. The fourth-order valence-corrected chi connectivity index (χ4v) is 3.31. The van der Waals surface area contributed by atoms with Crippen molar-refractivity contribution >= 4 is 17.7 Å². The van der Waals surface area contributed by atoms with Crippen LogP contribution in [0.15, 0.2) is 53.7 Å². The third-order valence-electron chi connectivity index (χ3n) is 4.14. The summed E-state index contributed by atoms with van der Waals surface area (Å²) in [5, 5.41) is 10.6. The first kappa shape index (κ1) is 19.8. The van der Waals surface area contributed by atoms with Crippen molar-refractivity contribution in [2.24, 2.45) is 0 Å². The van der Waals surface area contributed by atoms with Gasteiger partial charge in [-0.15, -0.1) is 5.10 Å². The number of nitrogens with zero attached hydrogens (tertiary/aromatic N) is 2. The summed E-state index contributed by atoms with van der Waals surface area (Å²) in [5.41, 5.74) is 1.83. The van der Waals surface area contributed by atoms with Crippen LogP contribution in [-0.2, 0) is 4.79 Å². The molecule has 2 aromatic carbocycles. The fraction of sp³-hybridized carbons (Fsp3) is 0.250. The van der Waals surface area contributed by atoms with E-state index in [9.17, 15) is 4.79 Å². The highest BCUT2D eigenvalue weighted by Crippen LogP contribution is 2.25. The molecule has 1 heterocycles. The Balaban J connectivity index is 1.55. The van der Waals surface area contributed by atoms with E-state index in [2.05, 4.69) is 20.5 Å². The SMILES string of the molecule is COc1ccc(-c2nc(SCC(=O)N[C@H](C)c3ccccc3OC)n[nH]2)cc1. The lowest BCUT2D eigenvalue weighted by Gasteiger charge is -2.16. The number of hydrogen-bond donors (Lipinski definition) is 2. The summed E-state index contributed by atoms with van der Waals surface area (Å²) in [4.78, 5) is 16.7. The van der Waals surface area contributed by atoms with Gasteiger partial charge in [-0.25, -0.2) is 4.98 Å². The molecule has 0 aliphatic heterocycles. The highest BCUT2D eigenvalue weighted by molar-refractivity contribution is 7.99. The molecule has 3 aromatic rings. The van der Waals surface area contributed by atoms with Crippen molar-refractivity contribution in [3.63, 3.8) is 0 Å². The topological polar surface area (TPSA) is 89.1 Å². The number of para-hydroxylation sites is 1. The van der Waals surface area contributed by atoms with Crippen LogP contribution in [0.5, 0.6) is 11.5 Å². The molecule has 8 heteroatoms. The molecule has 1 aromatic heterocycles. The number of aromatic nitrogens is 3. The second-order valence-electron chi connectivity index (χ2n) is 6.01. The van der Waals surface area contributed by atoms with Gasteiger partial charge in [0, 0.05) is 11.1 Å². The smallest absolute Gasteiger partial charge is 0.230 e. The van der Waals surface area contributed by atoms with E-state index < -0.39 is 0 Å². The standard InChI is InChI=1S/C20H22N4O3S/c1-13(16-6-4-5-7-17(16)27-3)21-18(25)12-28-20-22-19(23-24-20)14-8-10-15(26-2)11-9-14/h4-11,13H,12H2,1-3H3,(H,21,25)(H,22,23,24)/t13-/m1/s1. The number of H-pyrrole nitrogens is 1. The monoisotopic (exact) mass is 398 g/mol. The molecule has 1 atom stereocenters. The number of carbonyl (C=O) groups excluding carboxylic acids is 1. The first-order valence-electron chi connectivity index (χ1n) is 8.72. The number of amides is 1. The van der Waals surface area contributed by atoms with E-state index in [0.717, 1.165) is 22.6 Å². The largest absolute Gasteiger partial charge is 0.497 e. The van der Waals surface area contributed by atoms with E-state index in [-0.39, 0.29) is 17.7 Å². The molecule has 2 N–H and O–H groups in total. The number of carbonyl (C=O) groups is 1. The highest BCUT2D eigenvalue weighted by Gasteiger charge is 2.15. The van der Waals surface area contributed by atoms with Crippen LogP contribution in [0.3, 0.4) is 0 Å². The minimum atomic E-state index is -0.161. The zero-order valence-corrected chi connectivity index (χ0v) is 16.7. The van der Waals surface area contributed by atoms with Gasteiger partial charge < -0.3 is 14.8 Å². The summed E-state index contributed by atoms with van der Waals surface area (Å²) in [6.45, 7) is 1.93. The number of thioether (sulfide) groups is 1. The van der Waals surface area contributed by atoms with E-state index in [1.54, 1.807) is 14.2 Å². The van der Waals surface area contributed by atoms with Gasteiger partial charge in [-0.05, 0) is 37.3 Å². The molecule has 0 aliphatic carbocycles. The summed E-state index contributed by atoms with van der Waals surface area (Å²) in [6.07, 6.45) is 0. The summed E-state index contributed by atoms with van der Waals surface area (Å²) >= 11 is 1.28. The molecule has 28 heavy (non-hydrogen) atoms. The van der Waals surface area contributed by atoms with Gasteiger partial charge in [0.05, 0.1) is 26.0 Å². The van der Waals surface area contributed by atoms with E-state index in [0.29, 0.717) is 11.0 Å². The number of methoxy groups -OCH3 is 2. The van der Waals surface area contributed by atoms with Crippen LogP contribution in [0.25, 0.3) is 11.4 Å². The Labute approximate surface area is 167 Å². The van der Waals surface area contributed by atoms with Crippen molar-refractivity contribution in [1.29, 1.82) is 0 Å². The molecule has 0 radical (unpaired) electrons. The Morgan fingerprint density at radius 2 is 1.89 bits per heavy atom. The van der Waals surface area contributed by atoms with Crippen molar-refractivity contribution in [1.82, 2.24) is 20.5 Å². The highest BCUT2D eigenvalue weighted by atomic mass is 32.2. The maximum Gasteiger partial charge on any atom is 0.230 e. The molecule has 146 valence electrons. The number of rotatable bonds is 8. The van der Waals surface area contributed by atoms with Crippen molar-refractivity contribution in [2.45, 2.75) is 18.1 Å². The molecule has 0 saturated carbocycles. The predicted octanol–water partition coefficient (Wildman–Crippen LogP) is 3.46. The lowest BCUT2D eigenvalue weighted by Crippen LogP contribution is -2.28. The summed E-state index contributed by atoms with van der Waals surface area (Å²) in [6, 6.07) is 15.0. The van der Waals surface area contributed by atoms with Crippen LogP contribution in [0, 0.1) is 0 Å². The van der Waals surface area contributed by atoms with Crippen molar-refractivity contribution in [3.05, 3.63) is 54.1 Å². The van der Waals surface area contributed by atoms with Crippen molar-refractivity contribution < 1.29 is 14.3 Å². The Morgan fingerprint density at radius 1 is 1.14 bits per heavy atom. The van der Waals surface area contributed by atoms with Gasteiger partial charge >= 0.3 is 0 Å². The molecule has 0 fully saturated rings. The molecule has 7 nitrogen and oxygen atoms in total. The average molecular weight is 398 g/mol. The minimum Gasteiger partial charge on any atom is -0.497 e. The number of ether oxygens (including phenoxy) is 2. The lowest BCUT2D eigenvalue weighted by molar-refractivity contribution is -0.119. The number of benzene rings is 2. The summed E-state index contributed by atoms with van der Waals surface area (Å²) < 4.78 is 10.5. The van der Waals surface area contributed by atoms with Gasteiger partial charge in [0.2, 0.25) is 11.1 Å². The molecular formula is C20H22N4O3S. The number of aromatic amines is 1. The van der Waals surface area contributed by atoms with E-state index >= 15 is 0 Å². The molecule has 0 unspecified atom stereocenters. The number of nitrogens with one attached hydrogen (secondary N) is 2. The maximum atomic E-state index is 12.3. The quantitative estimate of drug-likeness (QED) is 0.565. The molecule has 3 rings (SSSR count). The molecule has 0 bridgehead atoms. The van der Waals surface area contributed by atoms with Gasteiger partial charge in [-0.3, -0.25) is 9.89 Å². The zero-order chi connectivity index (χ0) is 19.9. The normalized spacial score (nSPS) is 11.7. The van der Waals surface area contributed by atoms with Gasteiger partial charge in [0.25, 0.3) is 0 Å². The molecule has 0 saturated heterocycles. The van der Waals surface area contributed by atoms with Crippen LogP contribution in [0.1, 0.15) is 18.5 Å². The third-order valence-corrected chi connectivity index (χ3v) is 4.99. The Kier molecular flexibility index (Phi) is 6.54. The van der Waals surface area contributed by atoms with Gasteiger partial charge in [-0.2, -0.15) is 0 Å². The number of hydrogen-bond acceptors (Lipinski definition) is 6. The van der Waals surface area contributed by atoms with Crippen molar-refractivity contribution in [3.8, 4) is 22.9 Å².